The number of halogens is 1. The summed E-state index contributed by atoms with van der Waals surface area (Å²) in [5.74, 6) is 0.0497. The molecule has 5 nitrogen and oxygen atoms in total. The molecule has 0 aliphatic carbocycles. The molecule has 0 radical (unpaired) electrons. The maximum atomic E-state index is 10.2. The monoisotopic (exact) mass is 423 g/mol. The topological polar surface area (TPSA) is 82.0 Å². The first-order valence-corrected chi connectivity index (χ1v) is 10.1. The third kappa shape index (κ3) is 10.1. The number of aryl methyl sites for hydroxylation is 1. The average molecular weight is 424 g/mol. The van der Waals surface area contributed by atoms with Crippen molar-refractivity contribution in [2.45, 2.75) is 44.8 Å². The van der Waals surface area contributed by atoms with E-state index >= 15 is 0 Å². The molecule has 0 aliphatic heterocycles. The minimum atomic E-state index is -0.654. The van der Waals surface area contributed by atoms with Crippen LogP contribution in [0.4, 0.5) is 0 Å². The second-order valence-electron chi connectivity index (χ2n) is 7.03. The molecule has 162 valence electrons. The fourth-order valence-corrected chi connectivity index (χ4v) is 3.05. The van der Waals surface area contributed by atoms with Crippen LogP contribution in [-0.4, -0.2) is 41.6 Å². The summed E-state index contributed by atoms with van der Waals surface area (Å²) in [6.45, 7) is 2.66. The number of aromatic hydroxyl groups is 1. The summed E-state index contributed by atoms with van der Waals surface area (Å²) in [7, 11) is 0. The van der Waals surface area contributed by atoms with Gasteiger partial charge in [0.15, 0.2) is 0 Å². The standard InChI is InChI=1S/C23H33NO4.ClH/c25-18-21-16-20(11-12-22(21)26)23(27)17-24-13-5-2-6-14-28-15-7-10-19-8-3-1-4-9-19;/h1,3-4,8-9,11-12,16,23-27H,2,5-7,10,13-15,17-18H2;1H. The molecule has 0 fully saturated rings. The van der Waals surface area contributed by atoms with Gasteiger partial charge in [-0.15, -0.1) is 12.4 Å². The Kier molecular flexibility index (Phi) is 13.4. The molecule has 1 atom stereocenters. The van der Waals surface area contributed by atoms with Gasteiger partial charge in [0.1, 0.15) is 5.75 Å². The quantitative estimate of drug-likeness (QED) is 0.348. The van der Waals surface area contributed by atoms with Gasteiger partial charge in [0.2, 0.25) is 0 Å². The number of phenols is 1. The van der Waals surface area contributed by atoms with Crippen LogP contribution in [0.25, 0.3) is 0 Å². The van der Waals surface area contributed by atoms with Crippen molar-refractivity contribution in [1.82, 2.24) is 5.32 Å². The molecule has 4 N–H and O–H groups in total. The molecule has 0 heterocycles. The second kappa shape index (κ2) is 15.2. The minimum absolute atomic E-state index is 0. The fourth-order valence-electron chi connectivity index (χ4n) is 3.05. The van der Waals surface area contributed by atoms with Crippen LogP contribution in [0.1, 0.15) is 48.5 Å². The van der Waals surface area contributed by atoms with E-state index in [0.29, 0.717) is 17.7 Å². The number of aliphatic hydroxyl groups excluding tert-OH is 2. The van der Waals surface area contributed by atoms with E-state index in [1.165, 1.54) is 11.6 Å². The van der Waals surface area contributed by atoms with Crippen LogP contribution in [0.5, 0.6) is 5.75 Å². The Morgan fingerprint density at radius 2 is 1.69 bits per heavy atom. The van der Waals surface area contributed by atoms with E-state index in [0.717, 1.165) is 51.9 Å². The van der Waals surface area contributed by atoms with Crippen LogP contribution in [0, 0.1) is 0 Å². The zero-order chi connectivity index (χ0) is 20.0. The molecule has 0 aromatic heterocycles. The maximum Gasteiger partial charge on any atom is 0.121 e. The largest absolute Gasteiger partial charge is 0.508 e. The number of ether oxygens (including phenoxy) is 1. The van der Waals surface area contributed by atoms with Crippen molar-refractivity contribution in [1.29, 1.82) is 0 Å². The van der Waals surface area contributed by atoms with E-state index in [1.807, 2.05) is 6.07 Å². The number of unbranched alkanes of at least 4 members (excludes halogenated alkanes) is 2. The Hall–Kier alpha value is -1.63. The highest BCUT2D eigenvalue weighted by atomic mass is 35.5. The van der Waals surface area contributed by atoms with Crippen LogP contribution < -0.4 is 5.32 Å². The van der Waals surface area contributed by atoms with Gasteiger partial charge >= 0.3 is 0 Å². The SMILES string of the molecule is Cl.OCc1cc(C(O)CNCCCCCOCCCc2ccccc2)ccc1O. The number of benzene rings is 2. The lowest BCUT2D eigenvalue weighted by Crippen LogP contribution is -2.22. The molecule has 0 saturated heterocycles. The van der Waals surface area contributed by atoms with Gasteiger partial charge in [-0.05, 0) is 61.9 Å². The predicted octanol–water partition coefficient (Wildman–Crippen LogP) is 3.75. The molecule has 29 heavy (non-hydrogen) atoms. The Morgan fingerprint density at radius 3 is 2.45 bits per heavy atom. The summed E-state index contributed by atoms with van der Waals surface area (Å²) < 4.78 is 5.69. The lowest BCUT2D eigenvalue weighted by atomic mass is 10.1. The van der Waals surface area contributed by atoms with E-state index in [1.54, 1.807) is 12.1 Å². The minimum Gasteiger partial charge on any atom is -0.508 e. The zero-order valence-corrected chi connectivity index (χ0v) is 17.7. The molecular weight excluding hydrogens is 390 g/mol. The summed E-state index contributed by atoms with van der Waals surface area (Å²) in [5, 5.41) is 32.2. The van der Waals surface area contributed by atoms with Gasteiger partial charge in [-0.1, -0.05) is 36.4 Å². The van der Waals surface area contributed by atoms with Crippen molar-refractivity contribution in [2.24, 2.45) is 0 Å². The molecular formula is C23H34ClNO4. The zero-order valence-electron chi connectivity index (χ0n) is 16.9. The Balaban J connectivity index is 0.00000420. The first kappa shape index (κ1) is 25.4. The summed E-state index contributed by atoms with van der Waals surface area (Å²) in [6, 6.07) is 15.3. The Morgan fingerprint density at radius 1 is 0.931 bits per heavy atom. The molecule has 0 aliphatic rings. The van der Waals surface area contributed by atoms with E-state index in [4.69, 9.17) is 4.74 Å². The normalized spacial score (nSPS) is 11.8. The van der Waals surface area contributed by atoms with Crippen LogP contribution in [0.3, 0.4) is 0 Å². The molecule has 0 amide bonds. The molecule has 0 bridgehead atoms. The highest BCUT2D eigenvalue weighted by Crippen LogP contribution is 2.22. The maximum absolute atomic E-state index is 10.2. The number of hydrogen-bond acceptors (Lipinski definition) is 5. The highest BCUT2D eigenvalue weighted by Gasteiger charge is 2.09. The van der Waals surface area contributed by atoms with E-state index in [9.17, 15) is 15.3 Å². The van der Waals surface area contributed by atoms with E-state index in [2.05, 4.69) is 29.6 Å². The van der Waals surface area contributed by atoms with Crippen molar-refractivity contribution in [3.8, 4) is 5.75 Å². The number of hydrogen-bond donors (Lipinski definition) is 4. The van der Waals surface area contributed by atoms with Crippen molar-refractivity contribution < 1.29 is 20.1 Å². The summed E-state index contributed by atoms with van der Waals surface area (Å²) in [4.78, 5) is 0. The lowest BCUT2D eigenvalue weighted by Gasteiger charge is -2.14. The molecule has 0 spiro atoms. The van der Waals surface area contributed by atoms with Gasteiger partial charge in [-0.25, -0.2) is 0 Å². The molecule has 0 saturated carbocycles. The van der Waals surface area contributed by atoms with Crippen LogP contribution in [0.2, 0.25) is 0 Å². The molecule has 2 aromatic carbocycles. The van der Waals surface area contributed by atoms with Crippen molar-refractivity contribution >= 4 is 12.4 Å². The van der Waals surface area contributed by atoms with Crippen LogP contribution in [0.15, 0.2) is 48.5 Å². The number of aliphatic hydroxyl groups is 2. The van der Waals surface area contributed by atoms with Gasteiger partial charge in [0.25, 0.3) is 0 Å². The van der Waals surface area contributed by atoms with Gasteiger partial charge in [0, 0.05) is 25.3 Å². The molecule has 6 heteroatoms. The van der Waals surface area contributed by atoms with Gasteiger partial charge in [-0.3, -0.25) is 0 Å². The average Bonchev–Trinajstić information content (AvgIpc) is 2.73. The van der Waals surface area contributed by atoms with Crippen molar-refractivity contribution in [2.75, 3.05) is 26.3 Å². The van der Waals surface area contributed by atoms with Gasteiger partial charge in [0.05, 0.1) is 12.7 Å². The van der Waals surface area contributed by atoms with Crippen molar-refractivity contribution in [3.05, 3.63) is 65.2 Å². The summed E-state index contributed by atoms with van der Waals surface area (Å²) in [6.07, 6.45) is 4.65. The first-order valence-electron chi connectivity index (χ1n) is 10.1. The predicted molar refractivity (Wildman–Crippen MR) is 119 cm³/mol. The lowest BCUT2D eigenvalue weighted by molar-refractivity contribution is 0.127. The molecule has 1 unspecified atom stereocenters. The number of rotatable bonds is 14. The number of nitrogens with one attached hydrogen (secondary N) is 1. The molecule has 2 rings (SSSR count). The first-order chi connectivity index (χ1) is 13.7. The third-order valence-electron chi connectivity index (χ3n) is 4.74. The highest BCUT2D eigenvalue weighted by molar-refractivity contribution is 5.85. The third-order valence-corrected chi connectivity index (χ3v) is 4.74. The van der Waals surface area contributed by atoms with Gasteiger partial charge < -0.3 is 25.4 Å². The second-order valence-corrected chi connectivity index (χ2v) is 7.03. The summed E-state index contributed by atoms with van der Waals surface area (Å²) in [5.41, 5.74) is 2.48. The van der Waals surface area contributed by atoms with Crippen molar-refractivity contribution in [3.63, 3.8) is 0 Å². The fraction of sp³-hybridized carbons (Fsp3) is 0.478. The van der Waals surface area contributed by atoms with E-state index < -0.39 is 6.10 Å². The Labute approximate surface area is 180 Å². The van der Waals surface area contributed by atoms with Crippen LogP contribution in [-0.2, 0) is 17.8 Å². The summed E-state index contributed by atoms with van der Waals surface area (Å²) >= 11 is 0. The smallest absolute Gasteiger partial charge is 0.121 e. The van der Waals surface area contributed by atoms with E-state index in [-0.39, 0.29) is 24.8 Å². The molecule has 2 aromatic rings. The Bertz CT molecular complexity index is 669. The van der Waals surface area contributed by atoms with Crippen LogP contribution >= 0.6 is 12.4 Å². The van der Waals surface area contributed by atoms with Gasteiger partial charge in [-0.2, -0.15) is 0 Å².